The molecule has 19 heteroatoms. The minimum absolute atomic E-state index is 0.104. The normalized spacial score (nSPS) is 14.2. The van der Waals surface area contributed by atoms with Gasteiger partial charge in [-0.3, -0.25) is 37.3 Å². The van der Waals surface area contributed by atoms with Gasteiger partial charge >= 0.3 is 39.5 Å². The minimum Gasteiger partial charge on any atom is -0.462 e. The molecule has 0 amide bonds. The Bertz CT molecular complexity index is 1850. The van der Waals surface area contributed by atoms with Crippen molar-refractivity contribution in [3.63, 3.8) is 0 Å². The van der Waals surface area contributed by atoms with Crippen LogP contribution in [0.4, 0.5) is 0 Å². The Kier molecular flexibility index (Phi) is 63.1. The van der Waals surface area contributed by atoms with Crippen LogP contribution >= 0.6 is 15.6 Å². The Balaban J connectivity index is 5.19. The molecule has 0 rings (SSSR count). The highest BCUT2D eigenvalue weighted by Crippen LogP contribution is 2.45. The summed E-state index contributed by atoms with van der Waals surface area (Å²) < 4.78 is 68.4. The summed E-state index contributed by atoms with van der Waals surface area (Å²) in [5.74, 6) is 0.876. The van der Waals surface area contributed by atoms with Gasteiger partial charge in [0, 0.05) is 25.7 Å². The molecule has 0 saturated heterocycles. The van der Waals surface area contributed by atoms with E-state index in [4.69, 9.17) is 37.0 Å². The maximum Gasteiger partial charge on any atom is 0.472 e. The monoisotopic (exact) mass is 1380 g/mol. The molecular weight excluding hydrogens is 1230 g/mol. The molecule has 0 aliphatic carbocycles. The molecule has 0 aromatic carbocycles. The maximum atomic E-state index is 13.1. The summed E-state index contributed by atoms with van der Waals surface area (Å²) >= 11 is 0. The Morgan fingerprint density at radius 3 is 0.660 bits per heavy atom. The number of ether oxygens (including phenoxy) is 4. The van der Waals surface area contributed by atoms with Crippen molar-refractivity contribution in [2.75, 3.05) is 39.6 Å². The molecule has 3 N–H and O–H groups in total. The van der Waals surface area contributed by atoms with Crippen molar-refractivity contribution in [3.05, 3.63) is 0 Å². The largest absolute Gasteiger partial charge is 0.472 e. The van der Waals surface area contributed by atoms with Crippen LogP contribution in [0, 0.1) is 23.7 Å². The fraction of sp³-hybridized carbons (Fsp3) is 0.947. The minimum atomic E-state index is -4.96. The number of aliphatic hydroxyl groups is 1. The van der Waals surface area contributed by atoms with Crippen molar-refractivity contribution in [1.29, 1.82) is 0 Å². The highest BCUT2D eigenvalue weighted by molar-refractivity contribution is 7.47. The molecule has 0 heterocycles. The summed E-state index contributed by atoms with van der Waals surface area (Å²) in [7, 11) is -9.91. The average molecular weight is 1380 g/mol. The van der Waals surface area contributed by atoms with Gasteiger partial charge in [0.1, 0.15) is 19.3 Å². The van der Waals surface area contributed by atoms with E-state index in [2.05, 4.69) is 55.4 Å². The maximum absolute atomic E-state index is 13.1. The molecule has 0 saturated carbocycles. The van der Waals surface area contributed by atoms with Gasteiger partial charge in [0.05, 0.1) is 26.4 Å². The zero-order valence-corrected chi connectivity index (χ0v) is 63.4. The van der Waals surface area contributed by atoms with Gasteiger partial charge in [-0.15, -0.1) is 0 Å². The van der Waals surface area contributed by atoms with Gasteiger partial charge in [-0.2, -0.15) is 0 Å². The van der Waals surface area contributed by atoms with Crippen molar-refractivity contribution >= 4 is 39.5 Å². The van der Waals surface area contributed by atoms with E-state index in [1.165, 1.54) is 173 Å². The van der Waals surface area contributed by atoms with Crippen LogP contribution in [0.2, 0.25) is 0 Å². The molecule has 0 spiro atoms. The molecule has 0 radical (unpaired) electrons. The summed E-state index contributed by atoms with van der Waals surface area (Å²) in [6, 6.07) is 0. The predicted molar refractivity (Wildman–Crippen MR) is 381 cm³/mol. The molecule has 558 valence electrons. The lowest BCUT2D eigenvalue weighted by Crippen LogP contribution is -2.30. The van der Waals surface area contributed by atoms with Crippen molar-refractivity contribution in [3.8, 4) is 0 Å². The fourth-order valence-corrected chi connectivity index (χ4v) is 13.0. The first kappa shape index (κ1) is 92.1. The number of phosphoric acid groups is 2. The topological polar surface area (TPSA) is 237 Å². The van der Waals surface area contributed by atoms with Crippen LogP contribution < -0.4 is 0 Å². The second-order valence-corrected chi connectivity index (χ2v) is 31.9. The van der Waals surface area contributed by atoms with E-state index in [1.54, 1.807) is 0 Å². The summed E-state index contributed by atoms with van der Waals surface area (Å²) in [6.45, 7) is 14.1. The van der Waals surface area contributed by atoms with E-state index in [1.807, 2.05) is 0 Å². The van der Waals surface area contributed by atoms with Crippen LogP contribution in [0.25, 0.3) is 0 Å². The second kappa shape index (κ2) is 64.4. The van der Waals surface area contributed by atoms with E-state index < -0.39 is 97.5 Å². The zero-order valence-electron chi connectivity index (χ0n) is 61.6. The van der Waals surface area contributed by atoms with Crippen molar-refractivity contribution in [1.82, 2.24) is 0 Å². The van der Waals surface area contributed by atoms with Crippen LogP contribution in [0.3, 0.4) is 0 Å². The number of phosphoric ester groups is 2. The Morgan fingerprint density at radius 1 is 0.266 bits per heavy atom. The van der Waals surface area contributed by atoms with E-state index in [9.17, 15) is 43.2 Å². The number of aliphatic hydroxyl groups excluding tert-OH is 1. The fourth-order valence-electron chi connectivity index (χ4n) is 11.4. The quantitative estimate of drug-likeness (QED) is 0.0222. The molecule has 17 nitrogen and oxygen atoms in total. The summed E-state index contributed by atoms with van der Waals surface area (Å²) in [4.78, 5) is 72.7. The lowest BCUT2D eigenvalue weighted by molar-refractivity contribution is -0.161. The average Bonchev–Trinajstić information content (AvgIpc) is 1.42. The van der Waals surface area contributed by atoms with E-state index in [0.717, 1.165) is 114 Å². The lowest BCUT2D eigenvalue weighted by atomic mass is 10.0. The first-order chi connectivity index (χ1) is 45.1. The standard InChI is InChI=1S/C75H146O17P2/c1-65(2)51-43-35-27-20-16-13-11-9-10-12-14-18-22-31-39-47-55-72(77)85-61-70(92-75(80)58-50-42-33-25-24-29-37-45-53-67(5)6)63-89-93(81,82)87-59-69(76)60-88-94(83,84)90-64-71(62-86-73(78)56-48-40-34-26-30-38-46-54-68(7)8)91-74(79)57-49-41-32-23-19-15-17-21-28-36-44-52-66(3)4/h65-71,76H,9-64H2,1-8H3,(H,81,82)(H,83,84)/t69?,70-,71-/m1/s1. The van der Waals surface area contributed by atoms with Crippen LogP contribution in [-0.4, -0.2) is 96.7 Å². The van der Waals surface area contributed by atoms with Gasteiger partial charge in [-0.25, -0.2) is 9.13 Å². The Hall–Kier alpha value is -1.94. The highest BCUT2D eigenvalue weighted by Gasteiger charge is 2.30. The van der Waals surface area contributed by atoms with Gasteiger partial charge in [-0.05, 0) is 49.4 Å². The molecule has 0 fully saturated rings. The third kappa shape index (κ3) is 68.6. The Morgan fingerprint density at radius 2 is 0.447 bits per heavy atom. The third-order valence-corrected chi connectivity index (χ3v) is 19.2. The van der Waals surface area contributed by atoms with Gasteiger partial charge in [0.25, 0.3) is 0 Å². The summed E-state index contributed by atoms with van der Waals surface area (Å²) in [5, 5.41) is 10.6. The predicted octanol–water partition coefficient (Wildman–Crippen LogP) is 21.7. The van der Waals surface area contributed by atoms with E-state index in [-0.39, 0.29) is 25.7 Å². The van der Waals surface area contributed by atoms with Crippen LogP contribution in [-0.2, 0) is 65.4 Å². The van der Waals surface area contributed by atoms with Crippen molar-refractivity contribution in [2.24, 2.45) is 23.7 Å². The molecule has 0 aliphatic heterocycles. The van der Waals surface area contributed by atoms with Gasteiger partial charge < -0.3 is 33.8 Å². The SMILES string of the molecule is CC(C)CCCCCCCCCCCCCCCCCCC(=O)OC[C@H](COP(=O)(O)OCC(O)COP(=O)(O)OC[C@@H](COC(=O)CCCCCCCCCC(C)C)OC(=O)CCCCCCCCCCCCCC(C)C)OC(=O)CCCCCCCCCCC(C)C. The first-order valence-corrected chi connectivity index (χ1v) is 41.7. The number of hydrogen-bond donors (Lipinski definition) is 3. The molecule has 0 aliphatic rings. The van der Waals surface area contributed by atoms with Gasteiger partial charge in [0.15, 0.2) is 12.2 Å². The number of carbonyl (C=O) groups is 4. The molecule has 3 unspecified atom stereocenters. The summed E-state index contributed by atoms with van der Waals surface area (Å²) in [6.07, 6.45) is 48.8. The van der Waals surface area contributed by atoms with Crippen LogP contribution in [0.5, 0.6) is 0 Å². The smallest absolute Gasteiger partial charge is 0.462 e. The van der Waals surface area contributed by atoms with Crippen molar-refractivity contribution in [2.45, 2.75) is 395 Å². The zero-order chi connectivity index (χ0) is 69.6. The van der Waals surface area contributed by atoms with E-state index in [0.29, 0.717) is 31.6 Å². The second-order valence-electron chi connectivity index (χ2n) is 28.9. The van der Waals surface area contributed by atoms with E-state index >= 15 is 0 Å². The molecular formula is C75H146O17P2. The number of hydrogen-bond acceptors (Lipinski definition) is 15. The third-order valence-electron chi connectivity index (χ3n) is 17.3. The molecule has 0 aromatic rings. The van der Waals surface area contributed by atoms with Crippen LogP contribution in [0.1, 0.15) is 376 Å². The summed E-state index contributed by atoms with van der Waals surface area (Å²) in [5.41, 5.74) is 0. The number of esters is 4. The lowest BCUT2D eigenvalue weighted by Gasteiger charge is -2.21. The highest BCUT2D eigenvalue weighted by atomic mass is 31.2. The van der Waals surface area contributed by atoms with Crippen molar-refractivity contribution < 1.29 is 80.2 Å². The molecule has 0 bridgehead atoms. The van der Waals surface area contributed by atoms with Gasteiger partial charge in [-0.1, -0.05) is 325 Å². The number of rotatable bonds is 72. The van der Waals surface area contributed by atoms with Crippen LogP contribution in [0.15, 0.2) is 0 Å². The Labute approximate surface area is 575 Å². The number of carbonyl (C=O) groups excluding carboxylic acids is 4. The molecule has 0 aromatic heterocycles. The number of unbranched alkanes of at least 4 members (excludes halogenated alkanes) is 38. The molecule has 5 atom stereocenters. The molecule has 94 heavy (non-hydrogen) atoms. The first-order valence-electron chi connectivity index (χ1n) is 38.7. The van der Waals surface area contributed by atoms with Gasteiger partial charge in [0.2, 0.25) is 0 Å².